The minimum Gasteiger partial charge on any atom is -0.481 e. The number of carboxylic acid groups (broad SMARTS) is 2. The summed E-state index contributed by atoms with van der Waals surface area (Å²) < 4.78 is 40.2. The molecular weight excluding hydrogens is 401 g/mol. The van der Waals surface area contributed by atoms with Gasteiger partial charge in [-0.1, -0.05) is 0 Å². The third-order valence-electron chi connectivity index (χ3n) is 3.86. The summed E-state index contributed by atoms with van der Waals surface area (Å²) in [5.41, 5.74) is 4.47. The second kappa shape index (κ2) is 11.0. The standard InChI is InChI=1S/C10H17NO4.C7H10F3NO3/c1-10(2,3)15-9(14)11-5-4-7(6-11)8(12)13;8-7(9,10)5(12)2-1-4(3-11)6(13)14/h7H,4-6H2,1-3H3,(H,12,13);4H,1-3,11H2,(H,13,14)/t7-;4-/m00/s1. The highest BCUT2D eigenvalue weighted by atomic mass is 19.4. The first-order valence-corrected chi connectivity index (χ1v) is 8.82. The SMILES string of the molecule is CC(C)(C)OC(=O)N1CC[C@H](C(=O)O)C1.NC[C@H](CCC(=O)C(F)(F)F)C(=O)O. The summed E-state index contributed by atoms with van der Waals surface area (Å²) in [6, 6.07) is 0. The quantitative estimate of drug-likeness (QED) is 0.581. The van der Waals surface area contributed by atoms with Gasteiger partial charge in [-0.3, -0.25) is 14.4 Å². The molecule has 1 fully saturated rings. The Morgan fingerprint density at radius 2 is 1.72 bits per heavy atom. The molecular formula is C17H27F3N2O7. The summed E-state index contributed by atoms with van der Waals surface area (Å²) in [5, 5.41) is 17.2. The minimum absolute atomic E-state index is 0.254. The van der Waals surface area contributed by atoms with Gasteiger partial charge in [0.1, 0.15) is 5.60 Å². The maximum absolute atomic E-state index is 11.7. The van der Waals surface area contributed by atoms with E-state index in [2.05, 4.69) is 0 Å². The van der Waals surface area contributed by atoms with Crippen molar-refractivity contribution in [1.82, 2.24) is 4.90 Å². The fourth-order valence-electron chi connectivity index (χ4n) is 2.24. The first kappa shape index (κ1) is 26.6. The largest absolute Gasteiger partial charge is 0.481 e. The molecule has 0 spiro atoms. The number of aliphatic carboxylic acids is 2. The Kier molecular flexibility index (Phi) is 10.1. The highest BCUT2D eigenvalue weighted by Crippen LogP contribution is 2.20. The number of carbonyl (C=O) groups excluding carboxylic acids is 2. The molecule has 1 aliphatic rings. The summed E-state index contributed by atoms with van der Waals surface area (Å²) in [7, 11) is 0. The van der Waals surface area contributed by atoms with E-state index in [4.69, 9.17) is 20.7 Å². The van der Waals surface area contributed by atoms with Crippen molar-refractivity contribution in [3.8, 4) is 0 Å². The highest BCUT2D eigenvalue weighted by Gasteiger charge is 2.38. The number of nitrogens with zero attached hydrogens (tertiary/aromatic N) is 1. The van der Waals surface area contributed by atoms with Crippen LogP contribution in [0.3, 0.4) is 0 Å². The Morgan fingerprint density at radius 1 is 1.17 bits per heavy atom. The number of ether oxygens (including phenoxy) is 1. The highest BCUT2D eigenvalue weighted by molar-refractivity contribution is 5.84. The predicted molar refractivity (Wildman–Crippen MR) is 94.0 cm³/mol. The van der Waals surface area contributed by atoms with Crippen molar-refractivity contribution in [3.63, 3.8) is 0 Å². The molecule has 0 radical (unpaired) electrons. The monoisotopic (exact) mass is 428 g/mol. The average Bonchev–Trinajstić information content (AvgIpc) is 3.03. The molecule has 168 valence electrons. The van der Waals surface area contributed by atoms with E-state index in [-0.39, 0.29) is 19.5 Å². The van der Waals surface area contributed by atoms with Crippen LogP contribution < -0.4 is 5.73 Å². The number of rotatable bonds is 6. The Labute approximate surface area is 166 Å². The van der Waals surface area contributed by atoms with Gasteiger partial charge in [-0.2, -0.15) is 13.2 Å². The van der Waals surface area contributed by atoms with Crippen LogP contribution in [0.4, 0.5) is 18.0 Å². The first-order valence-electron chi connectivity index (χ1n) is 8.82. The Hall–Kier alpha value is -2.37. The smallest absolute Gasteiger partial charge is 0.449 e. The Balaban J connectivity index is 0.000000543. The predicted octanol–water partition coefficient (Wildman–Crippen LogP) is 1.89. The lowest BCUT2D eigenvalue weighted by Gasteiger charge is -2.24. The molecule has 2 atom stereocenters. The zero-order valence-electron chi connectivity index (χ0n) is 16.5. The molecule has 0 unspecified atom stereocenters. The van der Waals surface area contributed by atoms with E-state index in [1.54, 1.807) is 20.8 Å². The molecule has 29 heavy (non-hydrogen) atoms. The van der Waals surface area contributed by atoms with Gasteiger partial charge in [0, 0.05) is 26.1 Å². The van der Waals surface area contributed by atoms with Crippen LogP contribution in [-0.2, 0) is 19.1 Å². The summed E-state index contributed by atoms with van der Waals surface area (Å²) in [4.78, 5) is 44.3. The van der Waals surface area contributed by atoms with Crippen molar-refractivity contribution < 1.29 is 47.3 Å². The van der Waals surface area contributed by atoms with Gasteiger partial charge in [-0.25, -0.2) is 4.79 Å². The van der Waals surface area contributed by atoms with Crippen molar-refractivity contribution >= 4 is 23.8 Å². The number of ketones is 1. The number of hydrogen-bond donors (Lipinski definition) is 3. The number of alkyl halides is 3. The van der Waals surface area contributed by atoms with Crippen molar-refractivity contribution in [2.75, 3.05) is 19.6 Å². The number of likely N-dealkylation sites (tertiary alicyclic amines) is 1. The van der Waals surface area contributed by atoms with Gasteiger partial charge in [0.05, 0.1) is 11.8 Å². The van der Waals surface area contributed by atoms with E-state index in [0.717, 1.165) is 0 Å². The lowest BCUT2D eigenvalue weighted by molar-refractivity contribution is -0.171. The molecule has 0 bridgehead atoms. The zero-order valence-corrected chi connectivity index (χ0v) is 16.5. The van der Waals surface area contributed by atoms with Crippen LogP contribution in [0.2, 0.25) is 0 Å². The first-order chi connectivity index (χ1) is 13.1. The van der Waals surface area contributed by atoms with Crippen LogP contribution in [0.1, 0.15) is 40.0 Å². The number of Topliss-reactive ketones (excluding diaryl/α,β-unsaturated/α-hetero) is 1. The molecule has 1 aliphatic heterocycles. The second-order valence-electron chi connectivity index (χ2n) is 7.48. The van der Waals surface area contributed by atoms with Gasteiger partial charge in [-0.05, 0) is 33.6 Å². The van der Waals surface area contributed by atoms with Crippen LogP contribution in [0, 0.1) is 11.8 Å². The van der Waals surface area contributed by atoms with E-state index >= 15 is 0 Å². The number of carbonyl (C=O) groups is 4. The molecule has 1 amide bonds. The van der Waals surface area contributed by atoms with Gasteiger partial charge in [-0.15, -0.1) is 0 Å². The third-order valence-corrected chi connectivity index (χ3v) is 3.86. The molecule has 9 nitrogen and oxygen atoms in total. The van der Waals surface area contributed by atoms with E-state index in [1.807, 2.05) is 0 Å². The molecule has 1 saturated heterocycles. The summed E-state index contributed by atoms with van der Waals surface area (Å²) in [6.45, 7) is 5.80. The van der Waals surface area contributed by atoms with Crippen LogP contribution >= 0.6 is 0 Å². The number of halogens is 3. The number of nitrogens with two attached hydrogens (primary N) is 1. The molecule has 0 aliphatic carbocycles. The number of carboxylic acids is 2. The van der Waals surface area contributed by atoms with Gasteiger partial charge in [0.15, 0.2) is 0 Å². The van der Waals surface area contributed by atoms with Gasteiger partial charge < -0.3 is 25.6 Å². The summed E-state index contributed by atoms with van der Waals surface area (Å²) in [6.07, 6.45) is -6.03. The van der Waals surface area contributed by atoms with E-state index < -0.39 is 53.8 Å². The average molecular weight is 428 g/mol. The topological polar surface area (TPSA) is 147 Å². The minimum atomic E-state index is -4.89. The lowest BCUT2D eigenvalue weighted by atomic mass is 10.0. The maximum Gasteiger partial charge on any atom is 0.449 e. The Morgan fingerprint density at radius 3 is 2.07 bits per heavy atom. The van der Waals surface area contributed by atoms with Crippen molar-refractivity contribution in [2.45, 2.75) is 51.8 Å². The zero-order chi connectivity index (χ0) is 23.0. The Bertz CT molecular complexity index is 603. The van der Waals surface area contributed by atoms with Crippen molar-refractivity contribution in [3.05, 3.63) is 0 Å². The molecule has 0 aromatic rings. The van der Waals surface area contributed by atoms with Crippen LogP contribution in [0.25, 0.3) is 0 Å². The van der Waals surface area contributed by atoms with Crippen LogP contribution in [0.5, 0.6) is 0 Å². The molecule has 4 N–H and O–H groups in total. The molecule has 1 heterocycles. The number of hydrogen-bond acceptors (Lipinski definition) is 6. The molecule has 0 aromatic carbocycles. The number of amides is 1. The maximum atomic E-state index is 11.7. The molecule has 12 heteroatoms. The third kappa shape index (κ3) is 10.7. The van der Waals surface area contributed by atoms with Gasteiger partial charge in [0.2, 0.25) is 5.78 Å². The van der Waals surface area contributed by atoms with Gasteiger partial charge in [0.25, 0.3) is 0 Å². The fourth-order valence-corrected chi connectivity index (χ4v) is 2.24. The van der Waals surface area contributed by atoms with Crippen LogP contribution in [0.15, 0.2) is 0 Å². The van der Waals surface area contributed by atoms with Crippen LogP contribution in [-0.4, -0.2) is 70.3 Å². The molecule has 0 saturated carbocycles. The normalized spacial score (nSPS) is 17.8. The van der Waals surface area contributed by atoms with E-state index in [1.165, 1.54) is 4.90 Å². The van der Waals surface area contributed by atoms with E-state index in [0.29, 0.717) is 13.0 Å². The molecule has 0 aromatic heterocycles. The lowest BCUT2D eigenvalue weighted by Crippen LogP contribution is -2.35. The van der Waals surface area contributed by atoms with Gasteiger partial charge >= 0.3 is 24.2 Å². The summed E-state index contributed by atoms with van der Waals surface area (Å²) >= 11 is 0. The molecule has 1 rings (SSSR count). The summed E-state index contributed by atoms with van der Waals surface area (Å²) in [5.74, 6) is -5.60. The van der Waals surface area contributed by atoms with E-state index in [9.17, 15) is 32.3 Å². The second-order valence-corrected chi connectivity index (χ2v) is 7.48. The van der Waals surface area contributed by atoms with Crippen molar-refractivity contribution in [1.29, 1.82) is 0 Å². The van der Waals surface area contributed by atoms with Crippen molar-refractivity contribution in [2.24, 2.45) is 17.6 Å². The fraction of sp³-hybridized carbons (Fsp3) is 0.765.